The van der Waals surface area contributed by atoms with Crippen LogP contribution in [0, 0.1) is 0 Å². The van der Waals surface area contributed by atoms with Crippen molar-refractivity contribution in [1.29, 1.82) is 0 Å². The third-order valence-corrected chi connectivity index (χ3v) is 23.0. The van der Waals surface area contributed by atoms with Crippen molar-refractivity contribution in [1.82, 2.24) is 51.5 Å². The average molecular weight is 1920 g/mol. The summed E-state index contributed by atoms with van der Waals surface area (Å²) in [6.07, 6.45) is -0.295. The Kier molecular flexibility index (Phi) is 38.4. The lowest BCUT2D eigenvalue weighted by molar-refractivity contribution is -0.156. The number of ether oxygens (including phenoxy) is 7. The number of imide groups is 2. The number of amides is 16. The average Bonchev–Trinajstić information content (AvgIpc) is 1.60. The number of hydrogen-bond donors (Lipinski definition) is 15. The lowest BCUT2D eigenvalue weighted by Crippen LogP contribution is -2.66. The quantitative estimate of drug-likeness (QED) is 0.0156. The van der Waals surface area contributed by atoms with Crippen LogP contribution in [0.5, 0.6) is 23.0 Å². The van der Waals surface area contributed by atoms with Gasteiger partial charge in [-0.05, 0) is 131 Å². The van der Waals surface area contributed by atoms with E-state index in [2.05, 4.69) is 55.7 Å². The number of nitrogens with two attached hydrogens (primary N) is 2. The fourth-order valence-corrected chi connectivity index (χ4v) is 16.1. The molecule has 17 N–H and O–H groups in total. The summed E-state index contributed by atoms with van der Waals surface area (Å²) in [6, 6.07) is 5.33. The van der Waals surface area contributed by atoms with Gasteiger partial charge in [-0.3, -0.25) is 96.2 Å². The van der Waals surface area contributed by atoms with Gasteiger partial charge in [0.25, 0.3) is 35.4 Å². The summed E-state index contributed by atoms with van der Waals surface area (Å²) in [4.78, 5) is 249. The minimum Gasteiger partial charge on any atom is -0.493 e. The molecule has 0 aromatic heterocycles. The predicted octanol–water partition coefficient (Wildman–Crippen LogP) is -0.118. The standard InChI is InChI=1S/C92H114N16O30/c1-51-39-66-90(129)105(53(3)110)64-45-70(68(132-4)41-58(64)88(127)103(66)47-51)136-33-11-6-12-34-137-71-46-65-59(42-69(71)133-5)89(128)104-48-52(2)40-67(104)91(130)106(65)92(131)138-50-55-17-21-57(22-18-55)98-85(124)63(44-79(119)120)102-83(122)61(14-8-10-30-94)100-73(112)28-36-135-38-32-96-87(126)81(108-76(115)25-26-77(108)116)80(107-74(113)23-24-75(107)114)86(125)95-31-37-134-35-27-72(111)99-60(13-7-9-29-93)82(121)101-62(43-78(117)118)84(123)97-56-19-15-54(49-109)16-20-56/h15-26,41-42,45-46,60-63,66-67,80-81,90-91,109,129-130H,1-2,6-14,27-40,43-44,47-50,93-94H2,3-5H3,(H,95,125)(H,96,126)(H,97,123)(H,98,124)(H,99,111)(H,100,112)(H,101,121)(H,102,122)(H,117,118)(H,119,120)/t60-,61-,62-,63-,66-,67-,80?,81?,90-,91-/m0/s1. The Labute approximate surface area is 791 Å². The van der Waals surface area contributed by atoms with Crippen LogP contribution < -0.4 is 82.7 Å². The summed E-state index contributed by atoms with van der Waals surface area (Å²) in [6.45, 7) is 7.16. The highest BCUT2D eigenvalue weighted by atomic mass is 16.6. The summed E-state index contributed by atoms with van der Waals surface area (Å²) in [5.74, 6) is -15.8. The number of unbranched alkanes of at least 4 members (excludes halogenated alkanes) is 4. The zero-order valence-electron chi connectivity index (χ0n) is 76.2. The van der Waals surface area contributed by atoms with Crippen LogP contribution in [0.25, 0.3) is 0 Å². The molecule has 46 heteroatoms. The number of carbonyl (C=O) groups excluding carboxylic acids is 16. The highest BCUT2D eigenvalue weighted by Crippen LogP contribution is 2.44. The van der Waals surface area contributed by atoms with Crippen LogP contribution in [0.1, 0.15) is 135 Å². The van der Waals surface area contributed by atoms with Crippen molar-refractivity contribution in [2.24, 2.45) is 11.5 Å². The number of rotatable bonds is 52. The third-order valence-electron chi connectivity index (χ3n) is 23.0. The number of methoxy groups -OCH3 is 2. The first-order valence-electron chi connectivity index (χ1n) is 44.6. The lowest BCUT2D eigenvalue weighted by Gasteiger charge is -2.35. The van der Waals surface area contributed by atoms with E-state index in [0.717, 1.165) is 34.8 Å². The van der Waals surface area contributed by atoms with E-state index in [1.807, 2.05) is 0 Å². The molecule has 138 heavy (non-hydrogen) atoms. The predicted molar refractivity (Wildman–Crippen MR) is 486 cm³/mol. The van der Waals surface area contributed by atoms with Gasteiger partial charge in [0.15, 0.2) is 35.5 Å². The third kappa shape index (κ3) is 27.6. The van der Waals surface area contributed by atoms with Crippen molar-refractivity contribution in [2.45, 2.75) is 177 Å². The Morgan fingerprint density at radius 3 is 1.25 bits per heavy atom. The Morgan fingerprint density at radius 2 is 0.870 bits per heavy atom. The number of carboxylic acids is 2. The van der Waals surface area contributed by atoms with Gasteiger partial charge < -0.3 is 122 Å². The number of carbonyl (C=O) groups is 18. The second kappa shape index (κ2) is 50.3. The van der Waals surface area contributed by atoms with Gasteiger partial charge in [0.2, 0.25) is 53.2 Å². The van der Waals surface area contributed by atoms with Crippen molar-refractivity contribution < 1.29 is 145 Å². The molecule has 6 aliphatic heterocycles. The molecule has 46 nitrogen and oxygen atoms in total. The fourth-order valence-electron chi connectivity index (χ4n) is 16.1. The number of nitrogens with one attached hydrogen (secondary N) is 8. The number of aliphatic carboxylic acids is 2. The zero-order chi connectivity index (χ0) is 100. The first-order valence-corrected chi connectivity index (χ1v) is 44.6. The van der Waals surface area contributed by atoms with Crippen molar-refractivity contribution in [3.05, 3.63) is 144 Å². The molecule has 10 rings (SSSR count). The van der Waals surface area contributed by atoms with Crippen molar-refractivity contribution in [3.63, 3.8) is 0 Å². The van der Waals surface area contributed by atoms with Gasteiger partial charge in [-0.15, -0.1) is 0 Å². The van der Waals surface area contributed by atoms with E-state index in [0.29, 0.717) is 71.4 Å². The molecule has 16 amide bonds. The smallest absolute Gasteiger partial charge is 0.416 e. The second-order valence-corrected chi connectivity index (χ2v) is 33.0. The second-order valence-electron chi connectivity index (χ2n) is 33.0. The van der Waals surface area contributed by atoms with E-state index in [-0.39, 0.29) is 148 Å². The topological polar surface area (TPSA) is 641 Å². The molecule has 0 spiro atoms. The normalized spacial score (nSPS) is 17.7. The van der Waals surface area contributed by atoms with Crippen molar-refractivity contribution in [3.8, 4) is 23.0 Å². The summed E-state index contributed by atoms with van der Waals surface area (Å²) in [7, 11) is 2.78. The molecular weight excluding hydrogens is 1810 g/mol. The Balaban J connectivity index is 0.691. The number of carboxylic acid groups (broad SMARTS) is 2. The maximum atomic E-state index is 14.5. The van der Waals surface area contributed by atoms with E-state index >= 15 is 0 Å². The maximum Gasteiger partial charge on any atom is 0.416 e. The van der Waals surface area contributed by atoms with E-state index < -0.39 is 219 Å². The molecule has 742 valence electrons. The van der Waals surface area contributed by atoms with Crippen LogP contribution in [0.4, 0.5) is 27.5 Å². The van der Waals surface area contributed by atoms with Crippen LogP contribution in [-0.4, -0.2) is 306 Å². The molecule has 6 aliphatic rings. The number of aliphatic hydroxyl groups is 3. The molecule has 0 aliphatic carbocycles. The van der Waals surface area contributed by atoms with Crippen LogP contribution >= 0.6 is 0 Å². The molecule has 10 atom stereocenters. The summed E-state index contributed by atoms with van der Waals surface area (Å²) in [5.41, 5.74) is 14.2. The number of aliphatic hydroxyl groups excluding tert-OH is 3. The number of nitrogens with zero attached hydrogens (tertiary/aromatic N) is 6. The van der Waals surface area contributed by atoms with Gasteiger partial charge in [0, 0.05) is 93.8 Å². The summed E-state index contributed by atoms with van der Waals surface area (Å²) in [5, 5.41) is 72.1. The minimum absolute atomic E-state index is 0.0212. The molecule has 0 saturated carbocycles. The molecular formula is C92H114N16O30. The molecule has 4 aromatic rings. The molecule has 6 heterocycles. The van der Waals surface area contributed by atoms with E-state index in [4.69, 9.17) is 44.6 Å². The molecule has 2 fully saturated rings. The first-order chi connectivity index (χ1) is 66.1. The highest BCUT2D eigenvalue weighted by molar-refractivity contribution is 6.19. The van der Waals surface area contributed by atoms with E-state index in [1.165, 1.54) is 109 Å². The number of anilines is 4. The monoisotopic (exact) mass is 1920 g/mol. The fraction of sp³-hybridized carbons (Fsp3) is 0.457. The van der Waals surface area contributed by atoms with Gasteiger partial charge in [0.05, 0.1) is 108 Å². The summed E-state index contributed by atoms with van der Waals surface area (Å²) >= 11 is 0. The maximum absolute atomic E-state index is 14.5. The first kappa shape index (κ1) is 105. The van der Waals surface area contributed by atoms with Crippen LogP contribution in [0.15, 0.2) is 121 Å². The molecule has 2 unspecified atom stereocenters. The lowest BCUT2D eigenvalue weighted by atomic mass is 10.0. The SMILES string of the molecule is C=C1C[C@H]2[C@H](O)N(C(C)=O)c3cc(OCCCCCOc4cc5c(cc4OC)C(=O)N4CC(=C)C[C@H]4[C@H](O)N5C(=O)OCc4ccc(NC(=O)[C@H](CC(=O)O)NC(=O)[C@H](CCCCN)NC(=O)CCOCCNC(=O)C(C(C(=O)NCCOCCC(=O)N[C@@H](CCCCN)C(=O)N[C@@H](CC(=O)O)C(=O)Nc5ccc(CO)cc5)N5C(=O)C=CC5=O)N5C(=O)C=CC5=O)cc4)c(OC)cc3C(=O)N2C1. The Hall–Kier alpha value is -14.6. The van der Waals surface area contributed by atoms with Gasteiger partial charge in [-0.2, -0.15) is 0 Å². The number of hydrogen-bond acceptors (Lipinski definition) is 30. The summed E-state index contributed by atoms with van der Waals surface area (Å²) < 4.78 is 40.6. The highest BCUT2D eigenvalue weighted by Gasteiger charge is 2.52. The van der Waals surface area contributed by atoms with Gasteiger partial charge in [0.1, 0.15) is 42.9 Å². The van der Waals surface area contributed by atoms with Gasteiger partial charge in [-0.25, -0.2) is 9.69 Å². The molecule has 0 bridgehead atoms. The van der Waals surface area contributed by atoms with Crippen molar-refractivity contribution in [2.75, 3.05) is 114 Å². The van der Waals surface area contributed by atoms with Gasteiger partial charge in [-0.1, -0.05) is 48.6 Å². The number of fused-ring (bicyclic) bond motifs is 4. The van der Waals surface area contributed by atoms with Crippen LogP contribution in [0.3, 0.4) is 0 Å². The van der Waals surface area contributed by atoms with E-state index in [9.17, 15) is 112 Å². The number of benzene rings is 4. The van der Waals surface area contributed by atoms with Crippen LogP contribution in [0.2, 0.25) is 0 Å². The molecule has 0 radical (unpaired) electrons. The van der Waals surface area contributed by atoms with E-state index in [1.54, 1.807) is 0 Å². The van der Waals surface area contributed by atoms with Gasteiger partial charge >= 0.3 is 18.0 Å². The minimum atomic E-state index is -2.23. The zero-order valence-corrected chi connectivity index (χ0v) is 76.2. The Bertz CT molecular complexity index is 5290. The Morgan fingerprint density at radius 1 is 0.471 bits per heavy atom. The molecule has 2 saturated heterocycles. The van der Waals surface area contributed by atoms with Crippen LogP contribution in [-0.2, 0) is 99.3 Å². The van der Waals surface area contributed by atoms with Crippen molar-refractivity contribution >= 4 is 129 Å². The molecule has 4 aromatic carbocycles. The largest absolute Gasteiger partial charge is 0.493 e.